The smallest absolute Gasteiger partial charge is 0.227 e. The number of nitrogens with two attached hydrogens (primary N) is 1. The molecule has 1 aromatic carbocycles. The number of nitrogens with one attached hydrogen (secondary N) is 1. The molecule has 21 heavy (non-hydrogen) atoms. The average Bonchev–Trinajstić information content (AvgIpc) is 2.48. The fraction of sp³-hybridized carbons (Fsp3) is 0.588. The molecule has 0 radical (unpaired) electrons. The number of nitrogens with zero attached hydrogens (tertiary/aromatic N) is 1. The lowest BCUT2D eigenvalue weighted by Crippen LogP contribution is -2.45. The summed E-state index contributed by atoms with van der Waals surface area (Å²) in [5.41, 5.74) is 7.48. The predicted octanol–water partition coefficient (Wildman–Crippen LogP) is 2.36. The Balaban J connectivity index is 1.84. The number of amides is 1. The lowest BCUT2D eigenvalue weighted by atomic mass is 9.98. The van der Waals surface area contributed by atoms with Crippen molar-refractivity contribution < 1.29 is 4.79 Å². The van der Waals surface area contributed by atoms with Crippen LogP contribution in [0.25, 0.3) is 0 Å². The second-order valence-electron chi connectivity index (χ2n) is 6.02. The monoisotopic (exact) mass is 289 g/mol. The van der Waals surface area contributed by atoms with Crippen LogP contribution >= 0.6 is 0 Å². The first kappa shape index (κ1) is 15.8. The molecule has 0 aliphatic carbocycles. The highest BCUT2D eigenvalue weighted by atomic mass is 16.1. The maximum absolute atomic E-state index is 12.4. The summed E-state index contributed by atoms with van der Waals surface area (Å²) in [6.07, 6.45) is 3.30. The summed E-state index contributed by atoms with van der Waals surface area (Å²) in [4.78, 5) is 14.8. The van der Waals surface area contributed by atoms with Gasteiger partial charge < -0.3 is 16.0 Å². The number of rotatable bonds is 5. The van der Waals surface area contributed by atoms with Gasteiger partial charge in [-0.05, 0) is 50.4 Å². The molecule has 1 amide bonds. The van der Waals surface area contributed by atoms with Crippen LogP contribution in [0.4, 0.5) is 5.69 Å². The fourth-order valence-electron chi connectivity index (χ4n) is 2.92. The zero-order chi connectivity index (χ0) is 15.2. The van der Waals surface area contributed by atoms with Gasteiger partial charge in [0, 0.05) is 24.8 Å². The fourth-order valence-corrected chi connectivity index (χ4v) is 2.92. The van der Waals surface area contributed by atoms with E-state index in [-0.39, 0.29) is 11.8 Å². The number of carbonyl (C=O) groups is 1. The van der Waals surface area contributed by atoms with Crippen LogP contribution in [-0.2, 0) is 4.79 Å². The van der Waals surface area contributed by atoms with Crippen LogP contribution in [0.2, 0.25) is 0 Å². The largest absolute Gasteiger partial charge is 0.399 e. The molecule has 0 saturated carbocycles. The Morgan fingerprint density at radius 2 is 2.14 bits per heavy atom. The molecule has 1 atom stereocenters. The Kier molecular flexibility index (Phi) is 5.62. The van der Waals surface area contributed by atoms with E-state index in [4.69, 9.17) is 5.73 Å². The molecule has 0 spiro atoms. The minimum atomic E-state index is -0.151. The Hall–Kier alpha value is -1.55. The summed E-state index contributed by atoms with van der Waals surface area (Å²) in [6.45, 7) is 7.49. The van der Waals surface area contributed by atoms with E-state index in [1.807, 2.05) is 31.2 Å². The Labute approximate surface area is 127 Å². The number of anilines is 1. The highest BCUT2D eigenvalue weighted by molar-refractivity contribution is 5.83. The molecule has 0 aromatic heterocycles. The number of hydrogen-bond acceptors (Lipinski definition) is 3. The summed E-state index contributed by atoms with van der Waals surface area (Å²) in [7, 11) is 0. The van der Waals surface area contributed by atoms with Gasteiger partial charge in [0.15, 0.2) is 0 Å². The van der Waals surface area contributed by atoms with Crippen molar-refractivity contribution in [2.45, 2.75) is 45.1 Å². The average molecular weight is 289 g/mol. The van der Waals surface area contributed by atoms with Crippen LogP contribution in [0.3, 0.4) is 0 Å². The third-order valence-electron chi connectivity index (χ3n) is 4.28. The number of hydrogen-bond donors (Lipinski definition) is 2. The van der Waals surface area contributed by atoms with Crippen LogP contribution in [0.5, 0.6) is 0 Å². The summed E-state index contributed by atoms with van der Waals surface area (Å²) < 4.78 is 0. The first-order chi connectivity index (χ1) is 10.1. The molecule has 1 unspecified atom stereocenters. The lowest BCUT2D eigenvalue weighted by Gasteiger charge is -2.32. The molecular weight excluding hydrogens is 262 g/mol. The number of likely N-dealkylation sites (tertiary alicyclic amines) is 1. The van der Waals surface area contributed by atoms with Crippen molar-refractivity contribution in [3.8, 4) is 0 Å². The van der Waals surface area contributed by atoms with E-state index in [1.165, 1.54) is 13.0 Å². The number of piperidine rings is 1. The molecule has 1 aliphatic rings. The first-order valence-electron chi connectivity index (χ1n) is 7.98. The maximum Gasteiger partial charge on any atom is 0.227 e. The molecular formula is C17H27N3O. The Morgan fingerprint density at radius 3 is 2.76 bits per heavy atom. The molecule has 2 rings (SSSR count). The molecule has 116 valence electrons. The van der Waals surface area contributed by atoms with Crippen molar-refractivity contribution in [3.63, 3.8) is 0 Å². The highest BCUT2D eigenvalue weighted by Gasteiger charge is 2.23. The molecule has 0 bridgehead atoms. The van der Waals surface area contributed by atoms with Crippen molar-refractivity contribution in [1.29, 1.82) is 0 Å². The molecule has 1 fully saturated rings. The standard InChI is InChI=1S/C17H27N3O/c1-3-9-20-10-7-16(8-11-20)19-17(21)13(2)14-5-4-6-15(18)12-14/h4-6,12-13,16H,3,7-11,18H2,1-2H3,(H,19,21). The summed E-state index contributed by atoms with van der Waals surface area (Å²) in [5.74, 6) is -0.0447. The second-order valence-corrected chi connectivity index (χ2v) is 6.02. The zero-order valence-corrected chi connectivity index (χ0v) is 13.1. The molecule has 4 nitrogen and oxygen atoms in total. The van der Waals surface area contributed by atoms with E-state index in [0.717, 1.165) is 31.5 Å². The molecule has 3 N–H and O–H groups in total. The lowest BCUT2D eigenvalue weighted by molar-refractivity contribution is -0.123. The number of carbonyl (C=O) groups excluding carboxylic acids is 1. The van der Waals surface area contributed by atoms with Crippen molar-refractivity contribution in [3.05, 3.63) is 29.8 Å². The third-order valence-corrected chi connectivity index (χ3v) is 4.28. The predicted molar refractivity (Wildman–Crippen MR) is 87.2 cm³/mol. The van der Waals surface area contributed by atoms with E-state index in [9.17, 15) is 4.79 Å². The maximum atomic E-state index is 12.4. The highest BCUT2D eigenvalue weighted by Crippen LogP contribution is 2.19. The van der Waals surface area contributed by atoms with Crippen LogP contribution in [0.1, 0.15) is 44.6 Å². The van der Waals surface area contributed by atoms with Gasteiger partial charge in [0.2, 0.25) is 5.91 Å². The van der Waals surface area contributed by atoms with Crippen LogP contribution < -0.4 is 11.1 Å². The van der Waals surface area contributed by atoms with Gasteiger partial charge in [-0.1, -0.05) is 19.1 Å². The Bertz CT molecular complexity index is 467. The molecule has 1 heterocycles. The van der Waals surface area contributed by atoms with Crippen LogP contribution in [0, 0.1) is 0 Å². The Morgan fingerprint density at radius 1 is 1.43 bits per heavy atom. The molecule has 1 aliphatic heterocycles. The molecule has 1 saturated heterocycles. The van der Waals surface area contributed by atoms with Crippen molar-refractivity contribution in [2.75, 3.05) is 25.4 Å². The third kappa shape index (κ3) is 4.46. The van der Waals surface area contributed by atoms with E-state index in [0.29, 0.717) is 11.7 Å². The van der Waals surface area contributed by atoms with Gasteiger partial charge in [-0.25, -0.2) is 0 Å². The van der Waals surface area contributed by atoms with Gasteiger partial charge in [0.1, 0.15) is 0 Å². The summed E-state index contributed by atoms with van der Waals surface area (Å²) in [6, 6.07) is 7.91. The minimum Gasteiger partial charge on any atom is -0.399 e. The topological polar surface area (TPSA) is 58.4 Å². The quantitative estimate of drug-likeness (QED) is 0.818. The number of nitrogen functional groups attached to an aromatic ring is 1. The van der Waals surface area contributed by atoms with Gasteiger partial charge in [0.05, 0.1) is 5.92 Å². The van der Waals surface area contributed by atoms with Gasteiger partial charge in [-0.15, -0.1) is 0 Å². The molecule has 4 heteroatoms. The van der Waals surface area contributed by atoms with Crippen LogP contribution in [0.15, 0.2) is 24.3 Å². The van der Waals surface area contributed by atoms with E-state index in [2.05, 4.69) is 17.1 Å². The zero-order valence-electron chi connectivity index (χ0n) is 13.1. The second kappa shape index (κ2) is 7.46. The minimum absolute atomic E-state index is 0.106. The van der Waals surface area contributed by atoms with E-state index < -0.39 is 0 Å². The normalized spacial score (nSPS) is 18.4. The summed E-state index contributed by atoms with van der Waals surface area (Å²) in [5, 5.41) is 3.19. The van der Waals surface area contributed by atoms with Crippen LogP contribution in [-0.4, -0.2) is 36.5 Å². The summed E-state index contributed by atoms with van der Waals surface area (Å²) >= 11 is 0. The molecule has 1 aromatic rings. The van der Waals surface area contributed by atoms with Gasteiger partial charge in [-0.2, -0.15) is 0 Å². The van der Waals surface area contributed by atoms with Crippen molar-refractivity contribution in [1.82, 2.24) is 10.2 Å². The van der Waals surface area contributed by atoms with Crippen molar-refractivity contribution in [2.24, 2.45) is 0 Å². The SMILES string of the molecule is CCCN1CCC(NC(=O)C(C)c2cccc(N)c2)CC1. The van der Waals surface area contributed by atoms with Gasteiger partial charge in [-0.3, -0.25) is 4.79 Å². The van der Waals surface area contributed by atoms with Crippen molar-refractivity contribution >= 4 is 11.6 Å². The van der Waals surface area contributed by atoms with Gasteiger partial charge in [0.25, 0.3) is 0 Å². The first-order valence-corrected chi connectivity index (χ1v) is 7.98. The van der Waals surface area contributed by atoms with Gasteiger partial charge >= 0.3 is 0 Å². The van der Waals surface area contributed by atoms with E-state index in [1.54, 1.807) is 0 Å². The van der Waals surface area contributed by atoms with E-state index >= 15 is 0 Å². The number of benzene rings is 1.